The summed E-state index contributed by atoms with van der Waals surface area (Å²) in [4.78, 5) is 0. The first-order valence-corrected chi connectivity index (χ1v) is 33.4. The summed E-state index contributed by atoms with van der Waals surface area (Å²) in [5.41, 5.74) is 21.4. The van der Waals surface area contributed by atoms with Crippen LogP contribution >= 0.6 is 0 Å². The van der Waals surface area contributed by atoms with Gasteiger partial charge in [-0.3, -0.25) is 0 Å². The molecule has 3 heterocycles. The third-order valence-electron chi connectivity index (χ3n) is 20.9. The minimum atomic E-state index is 0.872. The van der Waals surface area contributed by atoms with Crippen LogP contribution in [0.2, 0.25) is 0 Å². The lowest BCUT2D eigenvalue weighted by Crippen LogP contribution is -1.94. The summed E-state index contributed by atoms with van der Waals surface area (Å²) < 4.78 is 15.7. The van der Waals surface area contributed by atoms with Crippen molar-refractivity contribution in [2.75, 3.05) is 0 Å². The van der Waals surface area contributed by atoms with Gasteiger partial charge < -0.3 is 13.4 Å². The molecule has 18 aromatic carbocycles. The third-order valence-corrected chi connectivity index (χ3v) is 20.9. The lowest BCUT2D eigenvalue weighted by atomic mass is 9.85. The first-order valence-electron chi connectivity index (χ1n) is 33.4. The van der Waals surface area contributed by atoms with E-state index in [4.69, 9.17) is 8.83 Å². The van der Waals surface area contributed by atoms with Gasteiger partial charge in [-0.25, -0.2) is 0 Å². The zero-order valence-corrected chi connectivity index (χ0v) is 52.5. The summed E-state index contributed by atoms with van der Waals surface area (Å²) in [5, 5.41) is 23.8. The maximum Gasteiger partial charge on any atom is 0.136 e. The Balaban J connectivity index is 0.629. The fraction of sp³-hybridized carbons (Fsp3) is 0. The molecule has 3 heteroatoms. The molecule has 0 saturated heterocycles. The topological polar surface area (TPSA) is 31.2 Å². The molecule has 97 heavy (non-hydrogen) atoms. The van der Waals surface area contributed by atoms with Crippen molar-refractivity contribution in [2.45, 2.75) is 0 Å². The van der Waals surface area contributed by atoms with Gasteiger partial charge in [-0.05, 0) is 233 Å². The van der Waals surface area contributed by atoms with Crippen LogP contribution in [0.1, 0.15) is 0 Å². The van der Waals surface area contributed by atoms with Crippen molar-refractivity contribution in [1.29, 1.82) is 0 Å². The molecule has 0 atom stereocenters. The number of rotatable bonds is 7. The van der Waals surface area contributed by atoms with E-state index >= 15 is 0 Å². The molecule has 0 saturated carbocycles. The molecular formula is C94H55NO2. The van der Waals surface area contributed by atoms with Crippen molar-refractivity contribution < 1.29 is 8.83 Å². The standard InChI is InChI=1S/C94H55NO2/c1-2-18-60-54-89-83(50-59(60)17-1)81-52-65(41-45-87(81)96-89)94-78-30-9-7-28-76(78)92(77-29-8-10-31-79(77)94)64-21-15-19-58(47-64)61-37-35-56-36-38-63(49-67(56)48-61)69-32-16-20-62-51-84-82-53-66(42-46-88(82)97-90(84)55-80(62)69)93-74-26-5-3-24-72(74)91(73-25-4-6-27-75(73)93)57-39-43-68(44-40-57)95-85-33-13-11-22-70(85)71-23-12-14-34-86(71)95/h1-55H. The number of aromatic nitrogens is 1. The van der Waals surface area contributed by atoms with E-state index in [9.17, 15) is 0 Å². The maximum atomic E-state index is 6.86. The number of fused-ring (bicyclic) bond motifs is 16. The Bertz CT molecular complexity index is 6770. The molecule has 0 N–H and O–H groups in total. The van der Waals surface area contributed by atoms with Gasteiger partial charge in [0.2, 0.25) is 0 Å². The van der Waals surface area contributed by atoms with Gasteiger partial charge in [0, 0.05) is 38.0 Å². The summed E-state index contributed by atoms with van der Waals surface area (Å²) in [6.07, 6.45) is 0. The zero-order valence-electron chi connectivity index (χ0n) is 52.5. The van der Waals surface area contributed by atoms with E-state index in [0.29, 0.717) is 0 Å². The second-order valence-electron chi connectivity index (χ2n) is 26.2. The van der Waals surface area contributed by atoms with Crippen LogP contribution in [0.25, 0.3) is 214 Å². The molecule has 0 fully saturated rings. The number of nitrogens with zero attached hydrogens (tertiary/aromatic N) is 1. The molecule has 3 aromatic heterocycles. The fourth-order valence-electron chi connectivity index (χ4n) is 16.5. The molecule has 3 nitrogen and oxygen atoms in total. The molecule has 21 aromatic rings. The van der Waals surface area contributed by atoms with E-state index in [1.165, 1.54) is 147 Å². The number of para-hydroxylation sites is 2. The van der Waals surface area contributed by atoms with Crippen LogP contribution in [0.15, 0.2) is 342 Å². The van der Waals surface area contributed by atoms with Gasteiger partial charge in [-0.1, -0.05) is 243 Å². The predicted molar refractivity (Wildman–Crippen MR) is 410 cm³/mol. The van der Waals surface area contributed by atoms with Gasteiger partial charge in [-0.2, -0.15) is 0 Å². The highest BCUT2D eigenvalue weighted by atomic mass is 16.3. The third kappa shape index (κ3) is 8.22. The Labute approximate surface area is 557 Å². The normalized spacial score (nSPS) is 12.1. The smallest absolute Gasteiger partial charge is 0.136 e. The highest BCUT2D eigenvalue weighted by molar-refractivity contribution is 6.25. The molecular weight excluding hydrogens is 1180 g/mol. The van der Waals surface area contributed by atoms with E-state index < -0.39 is 0 Å². The van der Waals surface area contributed by atoms with Gasteiger partial charge in [0.1, 0.15) is 22.3 Å². The molecule has 21 rings (SSSR count). The second kappa shape index (κ2) is 20.8. The number of benzene rings is 18. The molecule has 0 radical (unpaired) electrons. The van der Waals surface area contributed by atoms with Crippen LogP contribution in [-0.4, -0.2) is 4.57 Å². The van der Waals surface area contributed by atoms with Gasteiger partial charge in [0.25, 0.3) is 0 Å². The first kappa shape index (κ1) is 53.7. The average Bonchev–Trinajstić information content (AvgIpc) is 1.21. The predicted octanol–water partition coefficient (Wildman–Crippen LogP) is 26.7. The Morgan fingerprint density at radius 3 is 1.11 bits per heavy atom. The summed E-state index contributed by atoms with van der Waals surface area (Å²) in [7, 11) is 0. The Hall–Kier alpha value is -12.8. The van der Waals surface area contributed by atoms with Crippen molar-refractivity contribution >= 4 is 141 Å². The molecule has 0 aliphatic heterocycles. The van der Waals surface area contributed by atoms with Crippen molar-refractivity contribution in [2.24, 2.45) is 0 Å². The van der Waals surface area contributed by atoms with Crippen LogP contribution in [0.5, 0.6) is 0 Å². The highest BCUT2D eigenvalue weighted by Crippen LogP contribution is 2.49. The minimum Gasteiger partial charge on any atom is -0.456 e. The van der Waals surface area contributed by atoms with E-state index in [0.717, 1.165) is 66.1 Å². The maximum absolute atomic E-state index is 6.86. The number of hydrogen-bond acceptors (Lipinski definition) is 2. The van der Waals surface area contributed by atoms with Crippen molar-refractivity contribution in [1.82, 2.24) is 4.57 Å². The molecule has 0 amide bonds. The van der Waals surface area contributed by atoms with Crippen LogP contribution < -0.4 is 0 Å². The lowest BCUT2D eigenvalue weighted by Gasteiger charge is -2.18. The quantitative estimate of drug-likeness (QED) is 0.149. The second-order valence-corrected chi connectivity index (χ2v) is 26.2. The molecule has 448 valence electrons. The van der Waals surface area contributed by atoms with Gasteiger partial charge >= 0.3 is 0 Å². The van der Waals surface area contributed by atoms with Crippen LogP contribution in [-0.2, 0) is 0 Å². The molecule has 0 unspecified atom stereocenters. The van der Waals surface area contributed by atoms with Crippen LogP contribution in [0, 0.1) is 0 Å². The van der Waals surface area contributed by atoms with Gasteiger partial charge in [0.15, 0.2) is 0 Å². The summed E-state index contributed by atoms with van der Waals surface area (Å²) in [6.45, 7) is 0. The first-order chi connectivity index (χ1) is 48.1. The summed E-state index contributed by atoms with van der Waals surface area (Å²) >= 11 is 0. The van der Waals surface area contributed by atoms with Crippen molar-refractivity contribution in [3.63, 3.8) is 0 Å². The molecule has 0 bridgehead atoms. The largest absolute Gasteiger partial charge is 0.456 e. The average molecular weight is 1230 g/mol. The number of furan rings is 2. The summed E-state index contributed by atoms with van der Waals surface area (Å²) in [6, 6.07) is 123. The van der Waals surface area contributed by atoms with Crippen LogP contribution in [0.3, 0.4) is 0 Å². The van der Waals surface area contributed by atoms with Crippen molar-refractivity contribution in [3.8, 4) is 72.4 Å². The van der Waals surface area contributed by atoms with Crippen molar-refractivity contribution in [3.05, 3.63) is 334 Å². The van der Waals surface area contributed by atoms with E-state index in [1.807, 2.05) is 0 Å². The summed E-state index contributed by atoms with van der Waals surface area (Å²) in [5.74, 6) is 0. The number of hydrogen-bond donors (Lipinski definition) is 0. The minimum absolute atomic E-state index is 0.872. The SMILES string of the molecule is c1cc(-c2ccc3ccc(-c4cccc5cc6c(cc45)oc4ccc(-c5c7ccccc7c(-c7ccc(-n8c9ccccc9c9ccccc98)cc7)c7ccccc57)cc46)cc3c2)cc(-c2c3ccccc3c(-c3ccc4oc5cc6ccccc6cc5c4c3)c3ccccc23)c1. The lowest BCUT2D eigenvalue weighted by molar-refractivity contribution is 0.669. The monoisotopic (exact) mass is 1230 g/mol. The van der Waals surface area contributed by atoms with E-state index in [1.54, 1.807) is 0 Å². The van der Waals surface area contributed by atoms with Gasteiger partial charge in [0.05, 0.1) is 11.0 Å². The van der Waals surface area contributed by atoms with E-state index in [-0.39, 0.29) is 0 Å². The Kier molecular flexibility index (Phi) is 11.5. The Morgan fingerprint density at radius 1 is 0.175 bits per heavy atom. The van der Waals surface area contributed by atoms with Gasteiger partial charge in [-0.15, -0.1) is 0 Å². The Morgan fingerprint density at radius 2 is 0.557 bits per heavy atom. The fourth-order valence-corrected chi connectivity index (χ4v) is 16.5. The van der Waals surface area contributed by atoms with Crippen LogP contribution in [0.4, 0.5) is 0 Å². The molecule has 0 aliphatic rings. The van der Waals surface area contributed by atoms with E-state index in [2.05, 4.69) is 338 Å². The highest BCUT2D eigenvalue weighted by Gasteiger charge is 2.23. The molecule has 0 aliphatic carbocycles. The zero-order chi connectivity index (χ0) is 63.4. The molecule has 0 spiro atoms.